The van der Waals surface area contributed by atoms with Crippen molar-refractivity contribution in [3.05, 3.63) is 83.9 Å². The normalized spacial score (nSPS) is 16.8. The van der Waals surface area contributed by atoms with E-state index < -0.39 is 36.4 Å². The zero-order chi connectivity index (χ0) is 42.6. The molecule has 0 saturated heterocycles. The van der Waals surface area contributed by atoms with Gasteiger partial charge in [0, 0.05) is 31.3 Å². The minimum atomic E-state index is -1.08. The Labute approximate surface area is 346 Å². The summed E-state index contributed by atoms with van der Waals surface area (Å²) >= 11 is 0. The average Bonchev–Trinajstić information content (AvgIpc) is 3.25. The molecule has 4 aromatic rings. The van der Waals surface area contributed by atoms with E-state index in [1.54, 1.807) is 30.3 Å². The lowest BCUT2D eigenvalue weighted by molar-refractivity contribution is -0.147. The van der Waals surface area contributed by atoms with Crippen molar-refractivity contribution in [1.82, 2.24) is 10.6 Å². The molecule has 0 radical (unpaired) electrons. The van der Waals surface area contributed by atoms with Gasteiger partial charge in [0.1, 0.15) is 50.1 Å². The van der Waals surface area contributed by atoms with Crippen LogP contribution in [0.1, 0.15) is 18.1 Å². The zero-order valence-corrected chi connectivity index (χ0v) is 33.5. The predicted molar refractivity (Wildman–Crippen MR) is 214 cm³/mol. The van der Waals surface area contributed by atoms with Gasteiger partial charge in [-0.25, -0.2) is 9.59 Å². The van der Waals surface area contributed by atoms with Gasteiger partial charge in [-0.2, -0.15) is 0 Å². The van der Waals surface area contributed by atoms with Crippen LogP contribution in [0.3, 0.4) is 0 Å². The van der Waals surface area contributed by atoms with Gasteiger partial charge in [-0.15, -0.1) is 0 Å². The summed E-state index contributed by atoms with van der Waals surface area (Å²) in [5.74, 6) is 1.74. The summed E-state index contributed by atoms with van der Waals surface area (Å²) in [5, 5.41) is 46.2. The van der Waals surface area contributed by atoms with Gasteiger partial charge in [-0.3, -0.25) is 0 Å². The number of aliphatic hydroxyl groups excluding tert-OH is 2. The first-order chi connectivity index (χ1) is 29.0. The van der Waals surface area contributed by atoms with Crippen molar-refractivity contribution in [3.8, 4) is 57.5 Å². The van der Waals surface area contributed by atoms with E-state index in [9.17, 15) is 24.9 Å². The monoisotopic (exact) mass is 834 g/mol. The van der Waals surface area contributed by atoms with Crippen LogP contribution in [-0.2, 0) is 22.4 Å². The Balaban J connectivity index is 0.890. The zero-order valence-electron chi connectivity index (χ0n) is 33.5. The smallest absolute Gasteiger partial charge is 0.356 e. The largest absolute Gasteiger partial charge is 0.508 e. The number of aliphatic carboxylic acids is 1. The number of phenolic OH excluding ortho intramolecular Hbond substituents is 1. The van der Waals surface area contributed by atoms with Crippen LogP contribution in [0.5, 0.6) is 57.5 Å². The number of ether oxygens (including phenoxy) is 9. The van der Waals surface area contributed by atoms with E-state index in [0.717, 1.165) is 11.1 Å². The van der Waals surface area contributed by atoms with E-state index in [4.69, 9.17) is 47.7 Å². The number of phenols is 1. The summed E-state index contributed by atoms with van der Waals surface area (Å²) in [6.45, 7) is 2.97. The number of rotatable bonds is 21. The molecule has 60 heavy (non-hydrogen) atoms. The number of carboxylic acids is 1. The molecule has 0 saturated carbocycles. The molecule has 0 aliphatic carbocycles. The van der Waals surface area contributed by atoms with Gasteiger partial charge in [0.25, 0.3) is 0 Å². The summed E-state index contributed by atoms with van der Waals surface area (Å²) in [5.41, 5.74) is 1.92. The van der Waals surface area contributed by atoms with Gasteiger partial charge < -0.3 is 73.7 Å². The first-order valence-electron chi connectivity index (χ1n) is 19.4. The van der Waals surface area contributed by atoms with Crippen LogP contribution < -0.4 is 53.3 Å². The highest BCUT2D eigenvalue weighted by atomic mass is 16.6. The Morgan fingerprint density at radius 2 is 1.33 bits per heavy atom. The number of carbonyl (C=O) groups is 2. The lowest BCUT2D eigenvalue weighted by atomic mass is 10.1. The van der Waals surface area contributed by atoms with E-state index >= 15 is 0 Å². The van der Waals surface area contributed by atoms with E-state index in [1.807, 2.05) is 31.2 Å². The molecule has 2 aliphatic heterocycles. The fraction of sp³-hybridized carbons (Fsp3) is 0.395. The predicted octanol–water partition coefficient (Wildman–Crippen LogP) is 2.91. The Morgan fingerprint density at radius 1 is 0.733 bits per heavy atom. The van der Waals surface area contributed by atoms with Crippen LogP contribution in [0.25, 0.3) is 0 Å². The van der Waals surface area contributed by atoms with Crippen molar-refractivity contribution in [2.75, 3.05) is 60.3 Å². The molecule has 0 fully saturated rings. The van der Waals surface area contributed by atoms with Crippen molar-refractivity contribution in [2.45, 2.75) is 50.2 Å². The van der Waals surface area contributed by atoms with Crippen LogP contribution in [-0.4, -0.2) is 123 Å². The van der Waals surface area contributed by atoms with Crippen molar-refractivity contribution in [1.29, 1.82) is 0 Å². The number of fused-ring (bicyclic) bond motifs is 2. The molecule has 0 bridgehead atoms. The molecule has 2 heterocycles. The Bertz CT molecular complexity index is 2080. The number of carboxylic acid groups (broad SMARTS) is 1. The summed E-state index contributed by atoms with van der Waals surface area (Å²) in [7, 11) is 2.92. The maximum absolute atomic E-state index is 13.1. The van der Waals surface area contributed by atoms with E-state index in [-0.39, 0.29) is 50.5 Å². The molecule has 322 valence electrons. The Morgan fingerprint density at radius 3 is 2.02 bits per heavy atom. The van der Waals surface area contributed by atoms with Gasteiger partial charge in [0.15, 0.2) is 46.0 Å². The van der Waals surface area contributed by atoms with Gasteiger partial charge in [0.05, 0.1) is 14.2 Å². The third-order valence-electron chi connectivity index (χ3n) is 9.45. The molecule has 4 aromatic carbocycles. The number of aliphatic hydroxyl groups is 2. The number of nitrogens with one attached hydrogen (secondary N) is 2. The molecule has 6 rings (SSSR count). The second kappa shape index (κ2) is 20.7. The summed E-state index contributed by atoms with van der Waals surface area (Å²) < 4.78 is 50.5. The Hall–Kier alpha value is -6.14. The summed E-state index contributed by atoms with van der Waals surface area (Å²) in [6.07, 6.45) is -2.41. The minimum Gasteiger partial charge on any atom is -0.508 e. The highest BCUT2D eigenvalue weighted by Gasteiger charge is 2.30. The first-order valence-corrected chi connectivity index (χ1v) is 19.4. The van der Waals surface area contributed by atoms with Crippen molar-refractivity contribution in [2.24, 2.45) is 0 Å². The van der Waals surface area contributed by atoms with Gasteiger partial charge >= 0.3 is 11.9 Å². The standard InChI is InChI=1S/C43H50N2O15/c1-25(14-27-5-9-34-39(16-27)56-23-40(59-34)42(49)50)45-20-30(48)22-55-33-11-7-31(18-37(33)53-3)58-43(51)41-24-57-38-15-26(4-8-35(38)60-41)12-13-44-19-29(47)21-54-32-10-6-28(46)17-36(32)52-2/h4-11,15-18,25,29-30,40-41,44-48H,12-14,19-24H2,1-3H3,(H,49,50)/t25-,29+,30+,40-,41?/m1/s1. The number of aromatic hydroxyl groups is 1. The Kier molecular flexibility index (Phi) is 15.0. The van der Waals surface area contributed by atoms with Crippen LogP contribution >= 0.6 is 0 Å². The molecule has 17 heteroatoms. The number of esters is 1. The number of hydrogen-bond acceptors (Lipinski definition) is 16. The molecular formula is C43H50N2O15. The molecule has 6 N–H and O–H groups in total. The maximum Gasteiger partial charge on any atom is 0.356 e. The van der Waals surface area contributed by atoms with E-state index in [1.165, 1.54) is 32.4 Å². The van der Waals surface area contributed by atoms with Gasteiger partial charge in [-0.1, -0.05) is 12.1 Å². The minimum absolute atomic E-state index is 0.0140. The average molecular weight is 835 g/mol. The van der Waals surface area contributed by atoms with Crippen LogP contribution in [0, 0.1) is 0 Å². The molecule has 0 spiro atoms. The van der Waals surface area contributed by atoms with Crippen LogP contribution in [0.4, 0.5) is 0 Å². The molecular weight excluding hydrogens is 784 g/mol. The fourth-order valence-corrected chi connectivity index (χ4v) is 6.29. The third kappa shape index (κ3) is 12.0. The highest BCUT2D eigenvalue weighted by Crippen LogP contribution is 2.36. The van der Waals surface area contributed by atoms with E-state index in [0.29, 0.717) is 71.9 Å². The van der Waals surface area contributed by atoms with Gasteiger partial charge in [-0.05, 0) is 86.0 Å². The van der Waals surface area contributed by atoms with Gasteiger partial charge in [0.2, 0.25) is 12.2 Å². The molecule has 0 amide bonds. The molecule has 0 aromatic heterocycles. The number of methoxy groups -OCH3 is 2. The van der Waals surface area contributed by atoms with Crippen molar-refractivity contribution in [3.63, 3.8) is 0 Å². The van der Waals surface area contributed by atoms with E-state index in [2.05, 4.69) is 10.6 Å². The van der Waals surface area contributed by atoms with Crippen molar-refractivity contribution >= 4 is 11.9 Å². The number of carbonyl (C=O) groups excluding carboxylic acids is 1. The second-order valence-electron chi connectivity index (χ2n) is 14.2. The van der Waals surface area contributed by atoms with Crippen LogP contribution in [0.2, 0.25) is 0 Å². The highest BCUT2D eigenvalue weighted by molar-refractivity contribution is 5.78. The molecule has 17 nitrogen and oxygen atoms in total. The molecule has 2 aliphatic rings. The summed E-state index contributed by atoms with van der Waals surface area (Å²) in [6, 6.07) is 19.9. The lowest BCUT2D eigenvalue weighted by Gasteiger charge is -2.25. The molecule has 5 atom stereocenters. The number of hydrogen-bond donors (Lipinski definition) is 6. The van der Waals surface area contributed by atoms with Crippen LogP contribution in [0.15, 0.2) is 72.8 Å². The molecule has 1 unspecified atom stereocenters. The third-order valence-corrected chi connectivity index (χ3v) is 9.45. The topological polar surface area (TPSA) is 222 Å². The lowest BCUT2D eigenvalue weighted by Crippen LogP contribution is -2.39. The first kappa shape index (κ1) is 43.4. The fourth-order valence-electron chi connectivity index (χ4n) is 6.29. The SMILES string of the molecule is COc1cc(O)ccc1OC[C@@H](O)CNCCc1ccc2c(c1)OCC(C(=O)Oc1ccc(OC[C@@H](O)CN[C@H](C)Cc3ccc4c(c3)OC[C@H](C(=O)O)O4)c(OC)c1)O2. The number of benzene rings is 4. The quantitative estimate of drug-likeness (QED) is 0.0404. The van der Waals surface area contributed by atoms with Crippen molar-refractivity contribution < 1.29 is 72.6 Å². The second-order valence-corrected chi connectivity index (χ2v) is 14.2. The maximum atomic E-state index is 13.1. The summed E-state index contributed by atoms with van der Waals surface area (Å²) in [4.78, 5) is 24.2.